The lowest BCUT2D eigenvalue weighted by Gasteiger charge is -2.48. The first-order valence-corrected chi connectivity index (χ1v) is 10.6. The summed E-state index contributed by atoms with van der Waals surface area (Å²) in [4.78, 5) is 18.1. The molecule has 2 aliphatic rings. The summed E-state index contributed by atoms with van der Waals surface area (Å²) in [6, 6.07) is 8.89. The van der Waals surface area contributed by atoms with Crippen molar-refractivity contribution in [1.82, 2.24) is 9.80 Å². The van der Waals surface area contributed by atoms with Crippen molar-refractivity contribution in [3.63, 3.8) is 0 Å². The zero-order valence-electron chi connectivity index (χ0n) is 15.2. The second-order valence-corrected chi connectivity index (χ2v) is 8.43. The Hall–Kier alpha value is -1.04. The molecule has 0 aromatic heterocycles. The molecule has 1 amide bonds. The fraction of sp³-hybridized carbons (Fsp3) is 0.650. The topological polar surface area (TPSA) is 43.8 Å². The molecule has 3 rings (SSSR count). The van der Waals surface area contributed by atoms with Crippen LogP contribution in [0.3, 0.4) is 0 Å². The fourth-order valence-corrected chi connectivity index (χ4v) is 4.74. The molecular weight excluding hydrogens is 332 g/mol. The van der Waals surface area contributed by atoms with Crippen LogP contribution in [0.25, 0.3) is 0 Å². The number of rotatable bonds is 6. The summed E-state index contributed by atoms with van der Waals surface area (Å²) in [5.74, 6) is 0.267. The molecular formula is C20H30N2O2S. The number of carbonyl (C=O) groups excluding carboxylic acids is 1. The first kappa shape index (κ1) is 18.7. The lowest BCUT2D eigenvalue weighted by molar-refractivity contribution is -0.139. The highest BCUT2D eigenvalue weighted by atomic mass is 32.2. The Morgan fingerprint density at radius 2 is 2.00 bits per heavy atom. The lowest BCUT2D eigenvalue weighted by atomic mass is 9.73. The highest BCUT2D eigenvalue weighted by Crippen LogP contribution is 2.39. The maximum absolute atomic E-state index is 12.2. The van der Waals surface area contributed by atoms with E-state index in [-0.39, 0.29) is 17.9 Å². The van der Waals surface area contributed by atoms with Gasteiger partial charge in [-0.15, -0.1) is 11.8 Å². The monoisotopic (exact) mass is 362 g/mol. The smallest absolute Gasteiger partial charge is 0.222 e. The second-order valence-electron chi connectivity index (χ2n) is 7.55. The minimum atomic E-state index is 0.162. The van der Waals surface area contributed by atoms with E-state index in [2.05, 4.69) is 35.4 Å². The van der Waals surface area contributed by atoms with E-state index in [1.165, 1.54) is 23.3 Å². The number of benzene rings is 1. The van der Waals surface area contributed by atoms with Crippen molar-refractivity contribution < 1.29 is 9.90 Å². The number of nitrogens with zero attached hydrogens (tertiary/aromatic N) is 2. The SMILES string of the molecule is CSc1ccc(CN2CCC[C@@]3(CCC(=O)N(CCCO)C3)C2)cc1. The Bertz CT molecular complexity index is 578. The third-order valence-corrected chi connectivity index (χ3v) is 6.38. The summed E-state index contributed by atoms with van der Waals surface area (Å²) >= 11 is 1.78. The number of aliphatic hydroxyl groups is 1. The van der Waals surface area contributed by atoms with E-state index >= 15 is 0 Å². The number of amides is 1. The molecule has 0 saturated carbocycles. The van der Waals surface area contributed by atoms with Gasteiger partial charge in [0.05, 0.1) is 0 Å². The van der Waals surface area contributed by atoms with Crippen LogP contribution in [0.1, 0.15) is 37.7 Å². The van der Waals surface area contributed by atoms with E-state index in [9.17, 15) is 4.79 Å². The second kappa shape index (κ2) is 8.56. The summed E-state index contributed by atoms with van der Waals surface area (Å²) in [5, 5.41) is 9.08. The minimum Gasteiger partial charge on any atom is -0.396 e. The number of carbonyl (C=O) groups is 1. The molecule has 138 valence electrons. The first-order chi connectivity index (χ1) is 12.1. The Morgan fingerprint density at radius 1 is 1.20 bits per heavy atom. The average molecular weight is 363 g/mol. The standard InChI is InChI=1S/C20H30N2O2S/c1-25-18-6-4-17(5-7-18)14-21-11-2-9-20(15-21)10-8-19(24)22(16-20)12-3-13-23/h4-7,23H,2-3,8-16H2,1H3/t20-/m1/s1. The van der Waals surface area contributed by atoms with Crippen molar-refractivity contribution in [2.24, 2.45) is 5.41 Å². The van der Waals surface area contributed by atoms with Crippen LogP contribution in [0.4, 0.5) is 0 Å². The third-order valence-electron chi connectivity index (χ3n) is 5.64. The van der Waals surface area contributed by atoms with E-state index in [0.29, 0.717) is 19.4 Å². The molecule has 4 nitrogen and oxygen atoms in total. The van der Waals surface area contributed by atoms with Crippen LogP contribution in [-0.2, 0) is 11.3 Å². The van der Waals surface area contributed by atoms with Gasteiger partial charge in [0.15, 0.2) is 0 Å². The highest BCUT2D eigenvalue weighted by molar-refractivity contribution is 7.98. The van der Waals surface area contributed by atoms with E-state index in [1.807, 2.05) is 4.90 Å². The fourth-order valence-electron chi connectivity index (χ4n) is 4.33. The maximum atomic E-state index is 12.2. The first-order valence-electron chi connectivity index (χ1n) is 9.38. The molecule has 1 spiro atoms. The molecule has 2 aliphatic heterocycles. The molecule has 1 N–H and O–H groups in total. The van der Waals surface area contributed by atoms with Crippen molar-refractivity contribution in [3.05, 3.63) is 29.8 Å². The van der Waals surface area contributed by atoms with Gasteiger partial charge in [0, 0.05) is 49.5 Å². The number of aliphatic hydroxyl groups excluding tert-OH is 1. The normalized spacial score (nSPS) is 24.9. The van der Waals surface area contributed by atoms with Crippen molar-refractivity contribution in [1.29, 1.82) is 0 Å². The van der Waals surface area contributed by atoms with Crippen LogP contribution >= 0.6 is 11.8 Å². The summed E-state index contributed by atoms with van der Waals surface area (Å²) in [5.41, 5.74) is 1.62. The molecule has 2 heterocycles. The quantitative estimate of drug-likeness (QED) is 0.790. The number of hydrogen-bond acceptors (Lipinski definition) is 4. The summed E-state index contributed by atoms with van der Waals surface area (Å²) in [6.45, 7) is 4.97. The summed E-state index contributed by atoms with van der Waals surface area (Å²) in [6.07, 6.45) is 6.91. The van der Waals surface area contributed by atoms with Gasteiger partial charge in [-0.05, 0) is 56.2 Å². The van der Waals surface area contributed by atoms with Gasteiger partial charge in [0.1, 0.15) is 0 Å². The van der Waals surface area contributed by atoms with Gasteiger partial charge in [-0.1, -0.05) is 12.1 Å². The van der Waals surface area contributed by atoms with Crippen molar-refractivity contribution in [2.75, 3.05) is 39.0 Å². The number of piperidine rings is 2. The number of thioether (sulfide) groups is 1. The van der Waals surface area contributed by atoms with Gasteiger partial charge >= 0.3 is 0 Å². The Morgan fingerprint density at radius 3 is 2.72 bits per heavy atom. The summed E-state index contributed by atoms with van der Waals surface area (Å²) < 4.78 is 0. The van der Waals surface area contributed by atoms with Gasteiger partial charge in [-0.2, -0.15) is 0 Å². The van der Waals surface area contributed by atoms with Gasteiger partial charge in [-0.25, -0.2) is 0 Å². The summed E-state index contributed by atoms with van der Waals surface area (Å²) in [7, 11) is 0. The van der Waals surface area contributed by atoms with Crippen LogP contribution in [0, 0.1) is 5.41 Å². The predicted molar refractivity (Wildman–Crippen MR) is 103 cm³/mol. The molecule has 5 heteroatoms. The molecule has 2 fully saturated rings. The van der Waals surface area contributed by atoms with Gasteiger partial charge in [0.2, 0.25) is 5.91 Å². The van der Waals surface area contributed by atoms with Crippen LogP contribution in [0.5, 0.6) is 0 Å². The third kappa shape index (κ3) is 4.78. The predicted octanol–water partition coefficient (Wildman–Crippen LogP) is 3.00. The van der Waals surface area contributed by atoms with Gasteiger partial charge < -0.3 is 10.0 Å². The molecule has 0 radical (unpaired) electrons. The molecule has 1 aromatic rings. The molecule has 1 aromatic carbocycles. The van der Waals surface area contributed by atoms with E-state index in [0.717, 1.165) is 32.6 Å². The Balaban J connectivity index is 1.62. The molecule has 2 saturated heterocycles. The molecule has 0 aliphatic carbocycles. The van der Waals surface area contributed by atoms with Crippen molar-refractivity contribution in [2.45, 2.75) is 43.5 Å². The maximum Gasteiger partial charge on any atom is 0.222 e. The largest absolute Gasteiger partial charge is 0.396 e. The van der Waals surface area contributed by atoms with E-state index in [1.54, 1.807) is 11.8 Å². The highest BCUT2D eigenvalue weighted by Gasteiger charge is 2.41. The number of hydrogen-bond donors (Lipinski definition) is 1. The molecule has 25 heavy (non-hydrogen) atoms. The van der Waals surface area contributed by atoms with Crippen molar-refractivity contribution >= 4 is 17.7 Å². The van der Waals surface area contributed by atoms with E-state index in [4.69, 9.17) is 5.11 Å². The molecule has 1 atom stereocenters. The van der Waals surface area contributed by atoms with Gasteiger partial charge in [-0.3, -0.25) is 9.69 Å². The lowest BCUT2D eigenvalue weighted by Crippen LogP contribution is -2.54. The van der Waals surface area contributed by atoms with Crippen LogP contribution in [-0.4, -0.2) is 59.9 Å². The Labute approximate surface area is 155 Å². The van der Waals surface area contributed by atoms with Crippen LogP contribution in [0.2, 0.25) is 0 Å². The zero-order valence-corrected chi connectivity index (χ0v) is 16.1. The van der Waals surface area contributed by atoms with Crippen LogP contribution < -0.4 is 0 Å². The molecule has 0 bridgehead atoms. The van der Waals surface area contributed by atoms with Gasteiger partial charge in [0.25, 0.3) is 0 Å². The average Bonchev–Trinajstić information content (AvgIpc) is 2.64. The van der Waals surface area contributed by atoms with Crippen molar-refractivity contribution in [3.8, 4) is 0 Å². The zero-order chi connectivity index (χ0) is 17.7. The van der Waals surface area contributed by atoms with E-state index < -0.39 is 0 Å². The minimum absolute atomic E-state index is 0.162. The number of likely N-dealkylation sites (tertiary alicyclic amines) is 2. The Kier molecular flexibility index (Phi) is 6.42. The van der Waals surface area contributed by atoms with Crippen LogP contribution in [0.15, 0.2) is 29.2 Å². The molecule has 0 unspecified atom stereocenters.